The molecule has 6 heteroatoms. The van der Waals surface area contributed by atoms with Crippen molar-refractivity contribution in [2.75, 3.05) is 20.6 Å². The summed E-state index contributed by atoms with van der Waals surface area (Å²) in [4.78, 5) is 14.8. The molecule has 0 heterocycles. The first-order valence-corrected chi connectivity index (χ1v) is 9.41. The normalized spacial score (nSPS) is 24.2. The third-order valence-corrected chi connectivity index (χ3v) is 4.37. The molecule has 3 atom stereocenters. The zero-order chi connectivity index (χ0) is 18.9. The molecule has 1 unspecified atom stereocenters. The van der Waals surface area contributed by atoms with Crippen molar-refractivity contribution in [2.45, 2.75) is 72.2 Å². The Labute approximate surface area is 149 Å². The first-order chi connectivity index (χ1) is 11.1. The van der Waals surface area contributed by atoms with Gasteiger partial charge in [0.1, 0.15) is 0 Å². The van der Waals surface area contributed by atoms with Crippen molar-refractivity contribution in [3.05, 3.63) is 0 Å². The van der Waals surface area contributed by atoms with E-state index in [1.165, 1.54) is 0 Å². The molecule has 3 N–H and O–H groups in total. The minimum atomic E-state index is -1.23. The Hall–Kier alpha value is -0.585. The molecule has 0 aliphatic heterocycles. The molecule has 0 aromatic heterocycles. The summed E-state index contributed by atoms with van der Waals surface area (Å²) in [6.45, 7) is 11.0. The lowest BCUT2D eigenvalue weighted by Gasteiger charge is -2.38. The lowest BCUT2D eigenvalue weighted by Crippen LogP contribution is -2.48. The molecule has 0 bridgehead atoms. The van der Waals surface area contributed by atoms with Gasteiger partial charge in [-0.3, -0.25) is 4.79 Å². The van der Waals surface area contributed by atoms with Crippen LogP contribution >= 0.6 is 0 Å². The maximum absolute atomic E-state index is 12.7. The summed E-state index contributed by atoms with van der Waals surface area (Å²) < 4.78 is 0. The van der Waals surface area contributed by atoms with Gasteiger partial charge in [-0.15, -0.1) is 0 Å². The first kappa shape index (κ1) is 23.4. The molecule has 0 aromatic rings. The third-order valence-electron chi connectivity index (χ3n) is 4.37. The number of hydrogen-bond donors (Lipinski definition) is 3. The van der Waals surface area contributed by atoms with E-state index in [-0.39, 0.29) is 17.4 Å². The maximum atomic E-state index is 12.7. The van der Waals surface area contributed by atoms with Gasteiger partial charge in [0, 0.05) is 18.0 Å². The molecule has 1 rings (SSSR count). The Morgan fingerprint density at radius 1 is 1.21 bits per heavy atom. The molecule has 24 heavy (non-hydrogen) atoms. The van der Waals surface area contributed by atoms with Crippen molar-refractivity contribution in [1.29, 1.82) is 0 Å². The number of amides is 1. The predicted octanol–water partition coefficient (Wildman–Crippen LogP) is 2.38. The molecule has 1 amide bonds. The monoisotopic (exact) mass is 342 g/mol. The van der Waals surface area contributed by atoms with E-state index >= 15 is 0 Å². The summed E-state index contributed by atoms with van der Waals surface area (Å²) >= 11 is 0. The zero-order valence-electron chi connectivity index (χ0n) is 16.8. The Morgan fingerprint density at radius 2 is 1.79 bits per heavy atom. The largest absolute Gasteiger partial charge is 0.451 e. The van der Waals surface area contributed by atoms with Crippen LogP contribution in [0.1, 0.15) is 60.3 Å². The third kappa shape index (κ3) is 9.65. The molecular weight excluding hydrogens is 303 g/mol. The number of hydrogen-bond acceptors (Lipinski definition) is 4. The highest BCUT2D eigenvalue weighted by molar-refractivity contribution is 6.40. The van der Waals surface area contributed by atoms with Crippen molar-refractivity contribution in [3.63, 3.8) is 0 Å². The fraction of sp³-hybridized carbons (Fsp3) is 0.944. The lowest BCUT2D eigenvalue weighted by molar-refractivity contribution is -0.130. The molecule has 0 aromatic carbocycles. The Morgan fingerprint density at radius 3 is 2.25 bits per heavy atom. The summed E-state index contributed by atoms with van der Waals surface area (Å²) in [7, 11) is 2.86. The standard InChI is InChI=1S/C16H33BN2O3.C2H6/c1-16(2,3)18-15(20)14-10-12(8-9-17(21)22)6-7-13(14)11-19(4)5;1-2/h12-14,21-22H,6-11H2,1-5H3,(H,18,20);1-2H3/t12-,13+,14?;/m0./s1. The van der Waals surface area contributed by atoms with Crippen molar-refractivity contribution < 1.29 is 14.8 Å². The molecule has 0 radical (unpaired) electrons. The van der Waals surface area contributed by atoms with Gasteiger partial charge in [0.2, 0.25) is 5.91 Å². The average molecular weight is 342 g/mol. The van der Waals surface area contributed by atoms with Crippen LogP contribution in [-0.4, -0.2) is 54.2 Å². The smallest absolute Gasteiger partial charge is 0.427 e. The average Bonchev–Trinajstić information content (AvgIpc) is 2.45. The molecule has 1 saturated carbocycles. The van der Waals surface area contributed by atoms with Crippen LogP contribution < -0.4 is 5.32 Å². The molecular formula is C18H39BN2O3. The van der Waals surface area contributed by atoms with Gasteiger partial charge in [-0.1, -0.05) is 26.7 Å². The highest BCUT2D eigenvalue weighted by Crippen LogP contribution is 2.37. The summed E-state index contributed by atoms with van der Waals surface area (Å²) in [6, 6.07) is 0. The molecule has 1 fully saturated rings. The highest BCUT2D eigenvalue weighted by Gasteiger charge is 2.36. The van der Waals surface area contributed by atoms with E-state index in [1.807, 2.05) is 48.7 Å². The number of carbonyl (C=O) groups is 1. The van der Waals surface area contributed by atoms with Crippen LogP contribution in [0.3, 0.4) is 0 Å². The van der Waals surface area contributed by atoms with Crippen molar-refractivity contribution >= 4 is 13.0 Å². The molecule has 1 aliphatic rings. The second-order valence-electron chi connectivity index (χ2n) is 8.11. The van der Waals surface area contributed by atoms with E-state index in [4.69, 9.17) is 10.0 Å². The molecule has 0 spiro atoms. The fourth-order valence-electron chi connectivity index (χ4n) is 3.44. The topological polar surface area (TPSA) is 72.8 Å². The molecule has 1 aliphatic carbocycles. The van der Waals surface area contributed by atoms with E-state index < -0.39 is 7.12 Å². The van der Waals surface area contributed by atoms with E-state index in [0.29, 0.717) is 18.2 Å². The predicted molar refractivity (Wildman–Crippen MR) is 102 cm³/mol. The minimum Gasteiger partial charge on any atom is -0.427 e. The van der Waals surface area contributed by atoms with Crippen LogP contribution in [0.4, 0.5) is 0 Å². The van der Waals surface area contributed by atoms with Gasteiger partial charge in [0.25, 0.3) is 0 Å². The van der Waals surface area contributed by atoms with Gasteiger partial charge >= 0.3 is 7.12 Å². The second-order valence-corrected chi connectivity index (χ2v) is 8.11. The second kappa shape index (κ2) is 11.1. The van der Waals surface area contributed by atoms with Gasteiger partial charge < -0.3 is 20.3 Å². The van der Waals surface area contributed by atoms with Crippen LogP contribution in [0, 0.1) is 17.8 Å². The summed E-state index contributed by atoms with van der Waals surface area (Å²) in [5.74, 6) is 0.966. The first-order valence-electron chi connectivity index (χ1n) is 9.41. The van der Waals surface area contributed by atoms with Crippen LogP contribution in [0.2, 0.25) is 6.32 Å². The number of nitrogens with one attached hydrogen (secondary N) is 1. The zero-order valence-corrected chi connectivity index (χ0v) is 16.8. The fourth-order valence-corrected chi connectivity index (χ4v) is 3.44. The van der Waals surface area contributed by atoms with Crippen LogP contribution in [0.15, 0.2) is 0 Å². The van der Waals surface area contributed by atoms with Crippen molar-refractivity contribution in [2.24, 2.45) is 17.8 Å². The molecule has 0 saturated heterocycles. The maximum Gasteiger partial charge on any atom is 0.451 e. The van der Waals surface area contributed by atoms with Gasteiger partial charge in [-0.25, -0.2) is 0 Å². The van der Waals surface area contributed by atoms with Crippen LogP contribution in [0.5, 0.6) is 0 Å². The summed E-state index contributed by atoms with van der Waals surface area (Å²) in [5.41, 5.74) is -0.214. The van der Waals surface area contributed by atoms with Crippen LogP contribution in [-0.2, 0) is 4.79 Å². The van der Waals surface area contributed by atoms with Crippen molar-refractivity contribution in [3.8, 4) is 0 Å². The highest BCUT2D eigenvalue weighted by atomic mass is 16.4. The molecule has 5 nitrogen and oxygen atoms in total. The number of nitrogens with zero attached hydrogens (tertiary/aromatic N) is 1. The van der Waals surface area contributed by atoms with E-state index in [0.717, 1.165) is 32.2 Å². The Kier molecular flexibility index (Phi) is 10.8. The summed E-state index contributed by atoms with van der Waals surface area (Å²) in [6.07, 6.45) is 4.15. The van der Waals surface area contributed by atoms with Gasteiger partial charge in [0.05, 0.1) is 0 Å². The SMILES string of the molecule is CC.CN(C)C[C@H]1CC[C@@H](CCB(O)O)CC1C(=O)NC(C)(C)C. The van der Waals surface area contributed by atoms with Gasteiger partial charge in [-0.2, -0.15) is 0 Å². The van der Waals surface area contributed by atoms with Gasteiger partial charge in [0.15, 0.2) is 0 Å². The van der Waals surface area contributed by atoms with Crippen LogP contribution in [0.25, 0.3) is 0 Å². The minimum absolute atomic E-state index is 0.0243. The Balaban J connectivity index is 0.00000254. The summed E-state index contributed by atoms with van der Waals surface area (Å²) in [5, 5.41) is 21.2. The van der Waals surface area contributed by atoms with E-state index in [9.17, 15) is 4.79 Å². The van der Waals surface area contributed by atoms with E-state index in [1.54, 1.807) is 0 Å². The Bertz CT molecular complexity index is 357. The quantitative estimate of drug-likeness (QED) is 0.648. The van der Waals surface area contributed by atoms with Crippen molar-refractivity contribution in [1.82, 2.24) is 10.2 Å². The van der Waals surface area contributed by atoms with E-state index in [2.05, 4.69) is 10.2 Å². The number of rotatable bonds is 6. The lowest BCUT2D eigenvalue weighted by atomic mass is 9.69. The van der Waals surface area contributed by atoms with Gasteiger partial charge in [-0.05, 0) is 65.9 Å². The number of carbonyl (C=O) groups excluding carboxylic acids is 1. The molecule has 142 valence electrons.